The van der Waals surface area contributed by atoms with E-state index in [-0.39, 0.29) is 22.5 Å². The fraction of sp³-hybridized carbons (Fsp3) is 0.212. The Morgan fingerprint density at radius 3 is 2.50 bits per heavy atom. The van der Waals surface area contributed by atoms with Crippen molar-refractivity contribution in [2.75, 3.05) is 29.7 Å². The van der Waals surface area contributed by atoms with Crippen LogP contribution in [-0.4, -0.2) is 40.4 Å². The number of urea groups is 1. The first kappa shape index (κ1) is 31.5. The molecule has 11 heteroatoms. The van der Waals surface area contributed by atoms with Crippen LogP contribution in [0, 0.1) is 6.92 Å². The number of benzene rings is 3. The minimum Gasteiger partial charge on any atom is -0.375 e. The van der Waals surface area contributed by atoms with E-state index in [1.807, 2.05) is 85.8 Å². The number of hydrogen-bond acceptors (Lipinski definition) is 6. The lowest BCUT2D eigenvalue weighted by Crippen LogP contribution is -2.21. The van der Waals surface area contributed by atoms with Crippen LogP contribution in [0.2, 0.25) is 0 Å². The van der Waals surface area contributed by atoms with Crippen LogP contribution in [0.4, 0.5) is 22.1 Å². The smallest absolute Gasteiger partial charge is 0.324 e. The number of alkyl halides is 1. The Kier molecular flexibility index (Phi) is 10.5. The Hall–Kier alpha value is -3.94. The minimum absolute atomic E-state index is 0.0428. The summed E-state index contributed by atoms with van der Waals surface area (Å²) >= 11 is 3.96. The Morgan fingerprint density at radius 1 is 0.977 bits per heavy atom. The highest BCUT2D eigenvalue weighted by molar-refractivity contribution is 14.1. The molecular formula is C33H33IN6O3S. The van der Waals surface area contributed by atoms with Crippen LogP contribution >= 0.6 is 34.4 Å². The van der Waals surface area contributed by atoms with E-state index in [0.717, 1.165) is 50.3 Å². The molecule has 2 heterocycles. The number of carbonyl (C=O) groups is 2. The van der Waals surface area contributed by atoms with Crippen molar-refractivity contribution >= 4 is 74.4 Å². The molecule has 0 spiro atoms. The molecular weight excluding hydrogens is 687 g/mol. The maximum atomic E-state index is 13.4. The summed E-state index contributed by atoms with van der Waals surface area (Å²) in [6.07, 6.45) is 3.70. The summed E-state index contributed by atoms with van der Waals surface area (Å²) in [7, 11) is 1.47. The average molecular weight is 721 g/mol. The van der Waals surface area contributed by atoms with Crippen molar-refractivity contribution in [1.82, 2.24) is 14.8 Å². The number of halogens is 1. The molecule has 3 aromatic carbocycles. The van der Waals surface area contributed by atoms with Gasteiger partial charge in [-0.25, -0.2) is 14.5 Å². The van der Waals surface area contributed by atoms with E-state index in [2.05, 4.69) is 50.4 Å². The molecule has 0 aliphatic rings. The van der Waals surface area contributed by atoms with Crippen LogP contribution < -0.4 is 16.0 Å². The maximum absolute atomic E-state index is 13.4. The molecule has 3 amide bonds. The van der Waals surface area contributed by atoms with Gasteiger partial charge in [0.25, 0.3) is 5.91 Å². The SMILES string of the molecule is CCCC(I)c1cc(NC(=O)Nc2ccc(Sc3ccnc(NC(=O)COC)c3)c3ccccc23)n(-c2ccc(C)cc2)n1. The predicted molar refractivity (Wildman–Crippen MR) is 185 cm³/mol. The maximum Gasteiger partial charge on any atom is 0.324 e. The predicted octanol–water partition coefficient (Wildman–Crippen LogP) is 8.39. The largest absolute Gasteiger partial charge is 0.375 e. The second-order valence-electron chi connectivity index (χ2n) is 10.2. The van der Waals surface area contributed by atoms with Gasteiger partial charge in [0.1, 0.15) is 18.2 Å². The van der Waals surface area contributed by atoms with Crippen LogP contribution in [0.1, 0.15) is 34.9 Å². The molecule has 44 heavy (non-hydrogen) atoms. The monoisotopic (exact) mass is 720 g/mol. The van der Waals surface area contributed by atoms with E-state index in [0.29, 0.717) is 17.3 Å². The van der Waals surface area contributed by atoms with E-state index < -0.39 is 0 Å². The van der Waals surface area contributed by atoms with Gasteiger partial charge in [0, 0.05) is 34.6 Å². The van der Waals surface area contributed by atoms with Gasteiger partial charge in [-0.15, -0.1) is 0 Å². The summed E-state index contributed by atoms with van der Waals surface area (Å²) in [5, 5.41) is 15.6. The lowest BCUT2D eigenvalue weighted by molar-refractivity contribution is -0.119. The zero-order valence-corrected chi connectivity index (χ0v) is 27.6. The fourth-order valence-electron chi connectivity index (χ4n) is 4.64. The Bertz CT molecular complexity index is 1780. The molecule has 1 atom stereocenters. The number of nitrogens with zero attached hydrogens (tertiary/aromatic N) is 3. The Morgan fingerprint density at radius 2 is 1.75 bits per heavy atom. The second-order valence-corrected chi connectivity index (χ2v) is 12.8. The molecule has 0 radical (unpaired) electrons. The van der Waals surface area contributed by atoms with Crippen LogP contribution in [-0.2, 0) is 9.53 Å². The van der Waals surface area contributed by atoms with Crippen LogP contribution in [0.5, 0.6) is 0 Å². The third-order valence-electron chi connectivity index (χ3n) is 6.75. The van der Waals surface area contributed by atoms with Crippen molar-refractivity contribution in [3.8, 4) is 5.69 Å². The topological polar surface area (TPSA) is 110 Å². The summed E-state index contributed by atoms with van der Waals surface area (Å²) in [4.78, 5) is 31.5. The van der Waals surface area contributed by atoms with E-state index in [4.69, 9.17) is 9.84 Å². The van der Waals surface area contributed by atoms with Gasteiger partial charge in [-0.1, -0.05) is 89.7 Å². The first-order valence-corrected chi connectivity index (χ1v) is 16.2. The zero-order valence-electron chi connectivity index (χ0n) is 24.6. The highest BCUT2D eigenvalue weighted by Gasteiger charge is 2.18. The van der Waals surface area contributed by atoms with Crippen molar-refractivity contribution in [2.24, 2.45) is 0 Å². The summed E-state index contributed by atoms with van der Waals surface area (Å²) < 4.78 is 6.91. The number of hydrogen-bond donors (Lipinski definition) is 3. The van der Waals surface area contributed by atoms with E-state index in [1.165, 1.54) is 7.11 Å². The number of anilines is 3. The van der Waals surface area contributed by atoms with Gasteiger partial charge in [0.2, 0.25) is 0 Å². The summed E-state index contributed by atoms with van der Waals surface area (Å²) in [6, 6.07) is 25.2. The Balaban J connectivity index is 1.37. The number of carbonyl (C=O) groups excluding carboxylic acids is 2. The Labute approximate surface area is 274 Å². The molecule has 0 fully saturated rings. The third-order valence-corrected chi connectivity index (χ3v) is 9.07. The van der Waals surface area contributed by atoms with Gasteiger partial charge < -0.3 is 15.4 Å². The molecule has 1 unspecified atom stereocenters. The van der Waals surface area contributed by atoms with Crippen LogP contribution in [0.15, 0.2) is 94.9 Å². The highest BCUT2D eigenvalue weighted by Crippen LogP contribution is 2.37. The number of ether oxygens (including phenoxy) is 1. The molecule has 0 aliphatic carbocycles. The molecule has 5 rings (SSSR count). The number of amides is 3. The van der Waals surface area contributed by atoms with Crippen molar-refractivity contribution < 1.29 is 14.3 Å². The highest BCUT2D eigenvalue weighted by atomic mass is 127. The van der Waals surface area contributed by atoms with Gasteiger partial charge in [-0.3, -0.25) is 10.1 Å². The van der Waals surface area contributed by atoms with Crippen molar-refractivity contribution in [3.05, 3.63) is 96.3 Å². The third kappa shape index (κ3) is 7.76. The van der Waals surface area contributed by atoms with Gasteiger partial charge in [0.15, 0.2) is 0 Å². The van der Waals surface area contributed by atoms with E-state index in [1.54, 1.807) is 22.6 Å². The number of aryl methyl sites for hydroxylation is 1. The van der Waals surface area contributed by atoms with Gasteiger partial charge in [0.05, 0.1) is 21.0 Å². The first-order valence-electron chi connectivity index (χ1n) is 14.2. The van der Waals surface area contributed by atoms with E-state index in [9.17, 15) is 9.59 Å². The fourth-order valence-corrected chi connectivity index (χ4v) is 6.55. The van der Waals surface area contributed by atoms with Gasteiger partial charge >= 0.3 is 6.03 Å². The summed E-state index contributed by atoms with van der Waals surface area (Å²) in [6.45, 7) is 4.15. The molecule has 0 bridgehead atoms. The number of pyridine rings is 1. The van der Waals surface area contributed by atoms with Crippen molar-refractivity contribution in [3.63, 3.8) is 0 Å². The standard InChI is InChI=1S/C33H33IN6O3S/c1-4-7-26(34)28-19-31(40(39-28)22-12-10-21(2)11-13-22)38-33(42)36-27-14-15-29(25-9-6-5-8-24(25)27)44-23-16-17-35-30(18-23)37-32(41)20-43-3/h5-6,8-19,26H,4,7,20H2,1-3H3,(H,35,37,41)(H2,36,38,42). The second kappa shape index (κ2) is 14.7. The molecule has 0 saturated carbocycles. The quantitative estimate of drug-likeness (QED) is 0.0935. The minimum atomic E-state index is -0.360. The van der Waals surface area contributed by atoms with Crippen molar-refractivity contribution in [2.45, 2.75) is 40.4 Å². The summed E-state index contributed by atoms with van der Waals surface area (Å²) in [5.74, 6) is 0.782. The molecule has 0 aliphatic heterocycles. The van der Waals surface area contributed by atoms with Crippen molar-refractivity contribution in [1.29, 1.82) is 0 Å². The molecule has 5 aromatic rings. The molecule has 226 valence electrons. The van der Waals surface area contributed by atoms with Crippen LogP contribution in [0.25, 0.3) is 16.5 Å². The first-order chi connectivity index (χ1) is 21.3. The van der Waals surface area contributed by atoms with Gasteiger partial charge in [-0.05, 0) is 55.1 Å². The average Bonchev–Trinajstić information content (AvgIpc) is 3.43. The number of rotatable bonds is 11. The number of aromatic nitrogens is 3. The van der Waals surface area contributed by atoms with E-state index >= 15 is 0 Å². The molecule has 3 N–H and O–H groups in total. The van der Waals surface area contributed by atoms with Crippen LogP contribution in [0.3, 0.4) is 0 Å². The number of fused-ring (bicyclic) bond motifs is 1. The zero-order chi connectivity index (χ0) is 31.1. The molecule has 9 nitrogen and oxygen atoms in total. The normalized spacial score (nSPS) is 11.7. The molecule has 2 aromatic heterocycles. The summed E-state index contributed by atoms with van der Waals surface area (Å²) in [5.41, 5.74) is 3.64. The van der Waals surface area contributed by atoms with Gasteiger partial charge in [-0.2, -0.15) is 5.10 Å². The lowest BCUT2D eigenvalue weighted by Gasteiger charge is -2.14. The lowest BCUT2D eigenvalue weighted by atomic mass is 10.1. The number of methoxy groups -OCH3 is 1. The number of nitrogens with one attached hydrogen (secondary N) is 3. The molecule has 0 saturated heterocycles.